The molecule has 26 heavy (non-hydrogen) atoms. The summed E-state index contributed by atoms with van der Waals surface area (Å²) < 4.78 is 7.31. The Morgan fingerprint density at radius 1 is 1.31 bits per heavy atom. The van der Waals surface area contributed by atoms with Crippen molar-refractivity contribution in [3.8, 4) is 5.88 Å². The first kappa shape index (κ1) is 20.1. The van der Waals surface area contributed by atoms with E-state index in [0.29, 0.717) is 11.4 Å². The van der Waals surface area contributed by atoms with Crippen LogP contribution in [0.4, 0.5) is 0 Å². The van der Waals surface area contributed by atoms with Gasteiger partial charge in [0.2, 0.25) is 11.7 Å². The van der Waals surface area contributed by atoms with Gasteiger partial charge in [0.05, 0.1) is 12.0 Å². The maximum absolute atomic E-state index is 12.7. The van der Waals surface area contributed by atoms with Gasteiger partial charge in [-0.15, -0.1) is 11.3 Å². The highest BCUT2D eigenvalue weighted by Crippen LogP contribution is 2.30. The predicted octanol–water partition coefficient (Wildman–Crippen LogP) is 4.28. The van der Waals surface area contributed by atoms with E-state index in [0.717, 1.165) is 34.7 Å². The van der Waals surface area contributed by atoms with Crippen LogP contribution in [0.25, 0.3) is 10.2 Å². The standard InChI is InChI=1S/C18H21N3O2S.C2H6/c1-4-19-7-8-21-12(2)9-14-10-15(24-18(14)21)17(22)13-5-6-16(23-3)20-11-13;1-2/h5-6,9-11,19H,4,7-8H2,1-3H3;1-2H3. The number of nitrogens with zero attached hydrogens (tertiary/aromatic N) is 2. The summed E-state index contributed by atoms with van der Waals surface area (Å²) >= 11 is 1.54. The van der Waals surface area contributed by atoms with Crippen molar-refractivity contribution in [1.29, 1.82) is 0 Å². The summed E-state index contributed by atoms with van der Waals surface area (Å²) in [5, 5.41) is 4.47. The highest BCUT2D eigenvalue weighted by atomic mass is 32.1. The Morgan fingerprint density at radius 2 is 2.08 bits per heavy atom. The molecule has 0 aliphatic rings. The van der Waals surface area contributed by atoms with Gasteiger partial charge in [-0.05, 0) is 31.7 Å². The second-order valence-corrected chi connectivity index (χ2v) is 6.61. The molecule has 3 aromatic heterocycles. The fourth-order valence-electron chi connectivity index (χ4n) is 2.71. The van der Waals surface area contributed by atoms with Crippen molar-refractivity contribution in [3.05, 3.63) is 46.6 Å². The molecule has 5 nitrogen and oxygen atoms in total. The normalized spacial score (nSPS) is 10.5. The molecule has 0 amide bonds. The lowest BCUT2D eigenvalue weighted by molar-refractivity contribution is 0.104. The molecule has 6 heteroatoms. The van der Waals surface area contributed by atoms with Crippen molar-refractivity contribution in [1.82, 2.24) is 14.9 Å². The highest BCUT2D eigenvalue weighted by Gasteiger charge is 2.16. The summed E-state index contributed by atoms with van der Waals surface area (Å²) in [6.45, 7) is 11.0. The zero-order valence-electron chi connectivity index (χ0n) is 16.1. The van der Waals surface area contributed by atoms with Gasteiger partial charge in [-0.25, -0.2) is 4.98 Å². The van der Waals surface area contributed by atoms with Crippen LogP contribution in [-0.2, 0) is 6.54 Å². The molecule has 0 saturated carbocycles. The van der Waals surface area contributed by atoms with E-state index in [4.69, 9.17) is 4.74 Å². The SMILES string of the molecule is CC.CCNCCn1c(C)cc2cc(C(=O)c3ccc(OC)nc3)sc21. The number of ketones is 1. The molecule has 0 bridgehead atoms. The quantitative estimate of drug-likeness (QED) is 0.496. The summed E-state index contributed by atoms with van der Waals surface area (Å²) in [6, 6.07) is 7.58. The van der Waals surface area contributed by atoms with E-state index in [2.05, 4.69) is 34.8 Å². The molecule has 0 aliphatic heterocycles. The van der Waals surface area contributed by atoms with Gasteiger partial charge in [0.15, 0.2) is 0 Å². The van der Waals surface area contributed by atoms with Crippen LogP contribution in [0.1, 0.15) is 41.7 Å². The second kappa shape index (κ2) is 9.50. The molecule has 3 aromatic rings. The average Bonchev–Trinajstić information content (AvgIpc) is 3.21. The smallest absolute Gasteiger partial charge is 0.212 e. The van der Waals surface area contributed by atoms with Crippen LogP contribution in [0, 0.1) is 6.92 Å². The van der Waals surface area contributed by atoms with E-state index in [1.165, 1.54) is 5.69 Å². The lowest BCUT2D eigenvalue weighted by atomic mass is 10.1. The third-order valence-electron chi connectivity index (χ3n) is 3.97. The van der Waals surface area contributed by atoms with Crippen molar-refractivity contribution >= 4 is 27.3 Å². The Hall–Kier alpha value is -2.18. The summed E-state index contributed by atoms with van der Waals surface area (Å²) in [7, 11) is 1.56. The van der Waals surface area contributed by atoms with Crippen LogP contribution in [0.2, 0.25) is 0 Å². The largest absolute Gasteiger partial charge is 0.481 e. The Balaban J connectivity index is 0.00000117. The maximum atomic E-state index is 12.7. The summed E-state index contributed by atoms with van der Waals surface area (Å²) in [4.78, 5) is 18.7. The first-order valence-electron chi connectivity index (χ1n) is 8.99. The number of hydrogen-bond donors (Lipinski definition) is 1. The zero-order valence-corrected chi connectivity index (χ0v) is 16.9. The Labute approximate surface area is 159 Å². The van der Waals surface area contributed by atoms with Crippen molar-refractivity contribution in [2.45, 2.75) is 34.2 Å². The van der Waals surface area contributed by atoms with Gasteiger partial charge in [0, 0.05) is 42.0 Å². The number of likely N-dealkylation sites (N-methyl/N-ethyl adjacent to an activating group) is 1. The maximum Gasteiger partial charge on any atom is 0.212 e. The molecule has 0 spiro atoms. The lowest BCUT2D eigenvalue weighted by Crippen LogP contribution is -2.19. The number of methoxy groups -OCH3 is 1. The van der Waals surface area contributed by atoms with Gasteiger partial charge in [0.25, 0.3) is 0 Å². The molecule has 3 rings (SSSR count). The van der Waals surface area contributed by atoms with Crippen LogP contribution in [0.3, 0.4) is 0 Å². The van der Waals surface area contributed by atoms with Crippen molar-refractivity contribution in [3.63, 3.8) is 0 Å². The zero-order chi connectivity index (χ0) is 19.1. The van der Waals surface area contributed by atoms with Crippen LogP contribution < -0.4 is 10.1 Å². The molecule has 0 aromatic carbocycles. The minimum absolute atomic E-state index is 0.00207. The number of pyridine rings is 1. The Bertz CT molecular complexity index is 850. The minimum atomic E-state index is 0.00207. The van der Waals surface area contributed by atoms with Gasteiger partial charge in [-0.3, -0.25) is 4.79 Å². The predicted molar refractivity (Wildman–Crippen MR) is 109 cm³/mol. The van der Waals surface area contributed by atoms with E-state index >= 15 is 0 Å². The van der Waals surface area contributed by atoms with Gasteiger partial charge in [-0.2, -0.15) is 0 Å². The first-order chi connectivity index (χ1) is 12.6. The second-order valence-electron chi connectivity index (χ2n) is 5.58. The Kier molecular flexibility index (Phi) is 7.36. The molecule has 0 fully saturated rings. The number of hydrogen-bond acceptors (Lipinski definition) is 5. The van der Waals surface area contributed by atoms with Crippen molar-refractivity contribution < 1.29 is 9.53 Å². The monoisotopic (exact) mass is 373 g/mol. The number of rotatable bonds is 7. The van der Waals surface area contributed by atoms with Crippen LogP contribution >= 0.6 is 11.3 Å². The van der Waals surface area contributed by atoms with E-state index in [1.54, 1.807) is 36.8 Å². The van der Waals surface area contributed by atoms with Crippen molar-refractivity contribution in [2.75, 3.05) is 20.2 Å². The van der Waals surface area contributed by atoms with Crippen LogP contribution in [0.15, 0.2) is 30.5 Å². The van der Waals surface area contributed by atoms with Gasteiger partial charge < -0.3 is 14.6 Å². The van der Waals surface area contributed by atoms with Gasteiger partial charge >= 0.3 is 0 Å². The Morgan fingerprint density at radius 3 is 2.69 bits per heavy atom. The molecular weight excluding hydrogens is 346 g/mol. The summed E-state index contributed by atoms with van der Waals surface area (Å²) in [5.74, 6) is 0.510. The number of ether oxygens (including phenoxy) is 1. The summed E-state index contributed by atoms with van der Waals surface area (Å²) in [6.07, 6.45) is 1.57. The molecule has 0 saturated heterocycles. The minimum Gasteiger partial charge on any atom is -0.481 e. The number of carbonyl (C=O) groups is 1. The lowest BCUT2D eigenvalue weighted by Gasteiger charge is -2.07. The number of fused-ring (bicyclic) bond motifs is 1. The van der Waals surface area contributed by atoms with E-state index in [9.17, 15) is 4.79 Å². The molecule has 140 valence electrons. The fraction of sp³-hybridized carbons (Fsp3) is 0.400. The van der Waals surface area contributed by atoms with Gasteiger partial charge in [0.1, 0.15) is 4.83 Å². The molecule has 3 heterocycles. The van der Waals surface area contributed by atoms with Crippen molar-refractivity contribution in [2.24, 2.45) is 0 Å². The third-order valence-corrected chi connectivity index (χ3v) is 5.14. The molecule has 0 aliphatic carbocycles. The molecule has 0 unspecified atom stereocenters. The molecule has 0 atom stereocenters. The first-order valence-corrected chi connectivity index (χ1v) is 9.80. The number of nitrogens with one attached hydrogen (secondary N) is 1. The topological polar surface area (TPSA) is 56.2 Å². The molecule has 0 radical (unpaired) electrons. The third kappa shape index (κ3) is 4.31. The van der Waals surface area contributed by atoms with E-state index in [1.807, 2.05) is 19.9 Å². The fourth-order valence-corrected chi connectivity index (χ4v) is 3.89. The number of thiophene rings is 1. The van der Waals surface area contributed by atoms with Crippen LogP contribution in [0.5, 0.6) is 5.88 Å². The van der Waals surface area contributed by atoms with E-state index < -0.39 is 0 Å². The molecular formula is C20H27N3O2S. The van der Waals surface area contributed by atoms with Gasteiger partial charge in [-0.1, -0.05) is 20.8 Å². The number of aryl methyl sites for hydroxylation is 1. The van der Waals surface area contributed by atoms with Crippen LogP contribution in [-0.4, -0.2) is 35.5 Å². The number of carbonyl (C=O) groups excluding carboxylic acids is 1. The average molecular weight is 374 g/mol. The highest BCUT2D eigenvalue weighted by molar-refractivity contribution is 7.20. The number of aromatic nitrogens is 2. The molecule has 1 N–H and O–H groups in total. The summed E-state index contributed by atoms with van der Waals surface area (Å²) in [5.41, 5.74) is 1.80. The van der Waals surface area contributed by atoms with E-state index in [-0.39, 0.29) is 5.78 Å².